The molecule has 2 aromatic heterocycles. The monoisotopic (exact) mass is 373 g/mol. The Morgan fingerprint density at radius 2 is 2.12 bits per heavy atom. The number of pyridine rings is 1. The van der Waals surface area contributed by atoms with Gasteiger partial charge in [-0.1, -0.05) is 5.21 Å². The summed E-state index contributed by atoms with van der Waals surface area (Å²) in [5, 5.41) is 7.96. The molecule has 0 atom stereocenters. The Kier molecular flexibility index (Phi) is 5.29. The molecule has 2 heterocycles. The summed E-state index contributed by atoms with van der Waals surface area (Å²) in [6.07, 6.45) is 4.96. The minimum absolute atomic E-state index is 0.0366. The molecule has 0 aliphatic rings. The lowest BCUT2D eigenvalue weighted by atomic mass is 10.2. The van der Waals surface area contributed by atoms with Gasteiger partial charge in [0.2, 0.25) is 10.0 Å². The molecule has 9 heteroatoms. The molecule has 26 heavy (non-hydrogen) atoms. The summed E-state index contributed by atoms with van der Waals surface area (Å²) in [4.78, 5) is 4.19. The fourth-order valence-electron chi connectivity index (χ4n) is 2.35. The third-order valence-electron chi connectivity index (χ3n) is 3.65. The number of hydrogen-bond acceptors (Lipinski definition) is 6. The van der Waals surface area contributed by atoms with E-state index in [1.807, 2.05) is 19.9 Å². The van der Waals surface area contributed by atoms with Crippen LogP contribution in [0.15, 0.2) is 53.8 Å². The van der Waals surface area contributed by atoms with Crippen molar-refractivity contribution < 1.29 is 13.2 Å². The van der Waals surface area contributed by atoms with E-state index < -0.39 is 10.0 Å². The van der Waals surface area contributed by atoms with Crippen LogP contribution in [0.5, 0.6) is 5.75 Å². The van der Waals surface area contributed by atoms with E-state index in [1.54, 1.807) is 36.8 Å². The van der Waals surface area contributed by atoms with Crippen molar-refractivity contribution in [2.75, 3.05) is 6.61 Å². The number of ether oxygens (including phenoxy) is 1. The van der Waals surface area contributed by atoms with Gasteiger partial charge in [0.25, 0.3) is 0 Å². The summed E-state index contributed by atoms with van der Waals surface area (Å²) in [6.45, 7) is 4.25. The molecule has 136 valence electrons. The van der Waals surface area contributed by atoms with Crippen LogP contribution in [-0.2, 0) is 16.6 Å². The Hall–Kier alpha value is -2.78. The second-order valence-electron chi connectivity index (χ2n) is 5.55. The first-order valence-corrected chi connectivity index (χ1v) is 9.52. The van der Waals surface area contributed by atoms with Crippen LogP contribution in [0.4, 0.5) is 0 Å². The van der Waals surface area contributed by atoms with E-state index in [1.165, 1.54) is 10.7 Å². The number of nitrogens with zero attached hydrogens (tertiary/aromatic N) is 4. The molecule has 0 spiro atoms. The Bertz CT molecular complexity index is 987. The van der Waals surface area contributed by atoms with E-state index in [0.717, 1.165) is 11.3 Å². The highest BCUT2D eigenvalue weighted by Gasteiger charge is 2.16. The van der Waals surface area contributed by atoms with Crippen molar-refractivity contribution in [1.29, 1.82) is 0 Å². The fraction of sp³-hybridized carbons (Fsp3) is 0.235. The first-order valence-electron chi connectivity index (χ1n) is 8.04. The number of hydrogen-bond donors (Lipinski definition) is 1. The van der Waals surface area contributed by atoms with E-state index in [2.05, 4.69) is 20.0 Å². The summed E-state index contributed by atoms with van der Waals surface area (Å²) in [6, 6.07) is 8.38. The molecule has 8 nitrogen and oxygen atoms in total. The summed E-state index contributed by atoms with van der Waals surface area (Å²) >= 11 is 0. The molecule has 3 rings (SSSR count). The molecule has 1 aromatic carbocycles. The smallest absolute Gasteiger partial charge is 0.240 e. The number of aryl methyl sites for hydroxylation is 1. The average Bonchev–Trinajstić information content (AvgIpc) is 3.12. The predicted molar refractivity (Wildman–Crippen MR) is 95.5 cm³/mol. The SMILES string of the molecule is CCOc1ccc(S(=O)(=O)NCc2cn(-c3cccnc3)nn2)cc1C. The number of rotatable bonds is 7. The molecule has 0 fully saturated rings. The summed E-state index contributed by atoms with van der Waals surface area (Å²) < 4.78 is 34.5. The van der Waals surface area contributed by atoms with Crippen LogP contribution in [0.1, 0.15) is 18.2 Å². The van der Waals surface area contributed by atoms with Gasteiger partial charge in [0.15, 0.2) is 0 Å². The summed E-state index contributed by atoms with van der Waals surface area (Å²) in [5.74, 6) is 0.672. The lowest BCUT2D eigenvalue weighted by molar-refractivity contribution is 0.337. The Balaban J connectivity index is 1.71. The average molecular weight is 373 g/mol. The first kappa shape index (κ1) is 18.0. The van der Waals surface area contributed by atoms with Gasteiger partial charge in [-0.15, -0.1) is 5.10 Å². The van der Waals surface area contributed by atoms with Crippen LogP contribution in [0, 0.1) is 6.92 Å². The van der Waals surface area contributed by atoms with Crippen molar-refractivity contribution in [1.82, 2.24) is 24.7 Å². The van der Waals surface area contributed by atoms with Crippen LogP contribution in [0.25, 0.3) is 5.69 Å². The molecular formula is C17H19N5O3S. The van der Waals surface area contributed by atoms with Gasteiger partial charge in [0.05, 0.1) is 41.8 Å². The van der Waals surface area contributed by atoms with Crippen molar-refractivity contribution in [2.24, 2.45) is 0 Å². The molecule has 0 bridgehead atoms. The highest BCUT2D eigenvalue weighted by molar-refractivity contribution is 7.89. The van der Waals surface area contributed by atoms with Crippen LogP contribution in [0.2, 0.25) is 0 Å². The maximum atomic E-state index is 12.5. The van der Waals surface area contributed by atoms with Crippen LogP contribution in [-0.4, -0.2) is 35.0 Å². The van der Waals surface area contributed by atoms with E-state index in [-0.39, 0.29) is 11.4 Å². The third-order valence-corrected chi connectivity index (χ3v) is 5.05. The molecule has 0 aliphatic heterocycles. The Morgan fingerprint density at radius 3 is 2.81 bits per heavy atom. The third kappa shape index (κ3) is 4.06. The highest BCUT2D eigenvalue weighted by Crippen LogP contribution is 2.21. The van der Waals surface area contributed by atoms with Crippen LogP contribution < -0.4 is 9.46 Å². The van der Waals surface area contributed by atoms with Crippen molar-refractivity contribution in [3.63, 3.8) is 0 Å². The van der Waals surface area contributed by atoms with Gasteiger partial charge in [-0.2, -0.15) is 0 Å². The fourth-order valence-corrected chi connectivity index (χ4v) is 3.44. The zero-order valence-corrected chi connectivity index (χ0v) is 15.3. The lowest BCUT2D eigenvalue weighted by Crippen LogP contribution is -2.23. The molecule has 3 aromatic rings. The number of nitrogens with one attached hydrogen (secondary N) is 1. The molecule has 1 N–H and O–H groups in total. The zero-order chi connectivity index (χ0) is 18.6. The van der Waals surface area contributed by atoms with Crippen molar-refractivity contribution in [3.8, 4) is 11.4 Å². The topological polar surface area (TPSA) is 99.0 Å². The highest BCUT2D eigenvalue weighted by atomic mass is 32.2. The largest absolute Gasteiger partial charge is 0.494 e. The van der Waals surface area contributed by atoms with Crippen molar-refractivity contribution in [3.05, 3.63) is 60.2 Å². The van der Waals surface area contributed by atoms with Crippen molar-refractivity contribution in [2.45, 2.75) is 25.3 Å². The van der Waals surface area contributed by atoms with Gasteiger partial charge in [0, 0.05) is 6.20 Å². The zero-order valence-electron chi connectivity index (χ0n) is 14.5. The van der Waals surface area contributed by atoms with Gasteiger partial charge in [0.1, 0.15) is 5.75 Å². The van der Waals surface area contributed by atoms with Gasteiger partial charge < -0.3 is 4.74 Å². The van der Waals surface area contributed by atoms with E-state index >= 15 is 0 Å². The molecule has 0 aliphatic carbocycles. The quantitative estimate of drug-likeness (QED) is 0.678. The molecule has 0 radical (unpaired) electrons. The minimum atomic E-state index is -3.66. The normalized spacial score (nSPS) is 11.5. The maximum absolute atomic E-state index is 12.5. The second kappa shape index (κ2) is 7.63. The molecule has 0 saturated carbocycles. The predicted octanol–water partition coefficient (Wildman–Crippen LogP) is 1.85. The van der Waals surface area contributed by atoms with Gasteiger partial charge >= 0.3 is 0 Å². The van der Waals surface area contributed by atoms with E-state index in [4.69, 9.17) is 4.74 Å². The summed E-state index contributed by atoms with van der Waals surface area (Å²) in [5.41, 5.74) is 2.01. The van der Waals surface area contributed by atoms with Gasteiger partial charge in [-0.05, 0) is 49.7 Å². The molecule has 0 unspecified atom stereocenters. The maximum Gasteiger partial charge on any atom is 0.240 e. The molecule has 0 saturated heterocycles. The summed E-state index contributed by atoms with van der Waals surface area (Å²) in [7, 11) is -3.66. The molecule has 0 amide bonds. The number of sulfonamides is 1. The van der Waals surface area contributed by atoms with Gasteiger partial charge in [-0.3, -0.25) is 4.98 Å². The number of aromatic nitrogens is 4. The van der Waals surface area contributed by atoms with E-state index in [9.17, 15) is 8.42 Å². The standard InChI is InChI=1S/C17H19N5O3S/c1-3-25-17-7-6-16(9-13(17)2)26(23,24)19-10-14-12-22(21-20-14)15-5-4-8-18-11-15/h4-9,11-12,19H,3,10H2,1-2H3. The first-order chi connectivity index (χ1) is 12.5. The molecular weight excluding hydrogens is 354 g/mol. The van der Waals surface area contributed by atoms with Crippen LogP contribution >= 0.6 is 0 Å². The Labute approximate surface area is 151 Å². The van der Waals surface area contributed by atoms with E-state index in [0.29, 0.717) is 18.1 Å². The van der Waals surface area contributed by atoms with Crippen molar-refractivity contribution >= 4 is 10.0 Å². The van der Waals surface area contributed by atoms with Crippen LogP contribution in [0.3, 0.4) is 0 Å². The number of benzene rings is 1. The lowest BCUT2D eigenvalue weighted by Gasteiger charge is -2.10. The minimum Gasteiger partial charge on any atom is -0.494 e. The second-order valence-corrected chi connectivity index (χ2v) is 7.32. The Morgan fingerprint density at radius 1 is 1.27 bits per heavy atom. The van der Waals surface area contributed by atoms with Gasteiger partial charge in [-0.25, -0.2) is 17.8 Å².